The minimum Gasteiger partial charge on any atom is -0.207 e. The Morgan fingerprint density at radius 3 is 2.11 bits per heavy atom. The summed E-state index contributed by atoms with van der Waals surface area (Å²) >= 11 is 0. The fourth-order valence-electron chi connectivity index (χ4n) is 2.51. The summed E-state index contributed by atoms with van der Waals surface area (Å²) in [4.78, 5) is 0. The molecule has 0 saturated carbocycles. The lowest BCUT2D eigenvalue weighted by molar-refractivity contribution is 0.599. The fourth-order valence-corrected chi connectivity index (χ4v) is 2.51. The zero-order chi connectivity index (χ0) is 13.3. The topological polar surface area (TPSA) is 0 Å². The number of hydrogen-bond acceptors (Lipinski definition) is 0. The van der Waals surface area contributed by atoms with E-state index in [9.17, 15) is 4.39 Å². The smallest absolute Gasteiger partial charge is 0.127 e. The predicted octanol–water partition coefficient (Wildman–Crippen LogP) is 5.23. The van der Waals surface area contributed by atoms with E-state index in [2.05, 4.69) is 32.0 Å². The van der Waals surface area contributed by atoms with E-state index in [-0.39, 0.29) is 11.7 Å². The molecule has 0 aliphatic carbocycles. The highest BCUT2D eigenvalue weighted by molar-refractivity contribution is 5.69. The minimum absolute atomic E-state index is 0.110. The molecule has 2 aromatic carbocycles. The lowest BCUT2D eigenvalue weighted by Crippen LogP contribution is -1.97. The molecule has 0 radical (unpaired) electrons. The number of hydrogen-bond donors (Lipinski definition) is 0. The first-order chi connectivity index (χ1) is 8.49. The van der Waals surface area contributed by atoms with Gasteiger partial charge in [-0.3, -0.25) is 0 Å². The molecule has 0 fully saturated rings. The van der Waals surface area contributed by atoms with Gasteiger partial charge in [-0.1, -0.05) is 55.3 Å². The minimum atomic E-state index is -0.110. The summed E-state index contributed by atoms with van der Waals surface area (Å²) in [6, 6.07) is 11.7. The van der Waals surface area contributed by atoms with Crippen molar-refractivity contribution in [3.05, 3.63) is 58.9 Å². The average molecular weight is 242 g/mol. The van der Waals surface area contributed by atoms with Crippen molar-refractivity contribution in [2.24, 2.45) is 0 Å². The lowest BCUT2D eigenvalue weighted by atomic mass is 9.91. The Labute approximate surface area is 108 Å². The van der Waals surface area contributed by atoms with Gasteiger partial charge in [0.1, 0.15) is 5.82 Å². The Balaban J connectivity index is 2.67. The second-order valence-electron chi connectivity index (χ2n) is 5.23. The second-order valence-corrected chi connectivity index (χ2v) is 5.23. The largest absolute Gasteiger partial charge is 0.207 e. The van der Waals surface area contributed by atoms with Gasteiger partial charge in [0.2, 0.25) is 0 Å². The van der Waals surface area contributed by atoms with Crippen LogP contribution in [0.15, 0.2) is 36.4 Å². The van der Waals surface area contributed by atoms with Crippen molar-refractivity contribution < 1.29 is 4.39 Å². The molecule has 0 atom stereocenters. The van der Waals surface area contributed by atoms with Crippen molar-refractivity contribution in [3.8, 4) is 11.1 Å². The van der Waals surface area contributed by atoms with E-state index in [1.807, 2.05) is 19.9 Å². The first kappa shape index (κ1) is 12.8. The van der Waals surface area contributed by atoms with E-state index in [0.717, 1.165) is 16.7 Å². The molecule has 0 aliphatic rings. The molecule has 0 bridgehead atoms. The molecule has 0 saturated heterocycles. The van der Waals surface area contributed by atoms with Gasteiger partial charge >= 0.3 is 0 Å². The summed E-state index contributed by atoms with van der Waals surface area (Å²) in [6.07, 6.45) is 0. The highest BCUT2D eigenvalue weighted by Gasteiger charge is 2.13. The van der Waals surface area contributed by atoms with Gasteiger partial charge in [0.15, 0.2) is 0 Å². The highest BCUT2D eigenvalue weighted by Crippen LogP contribution is 2.32. The van der Waals surface area contributed by atoms with Gasteiger partial charge in [0.25, 0.3) is 0 Å². The van der Waals surface area contributed by atoms with Crippen LogP contribution in [0.4, 0.5) is 4.39 Å². The molecule has 0 N–H and O–H groups in total. The van der Waals surface area contributed by atoms with Crippen LogP contribution in [-0.2, 0) is 0 Å². The summed E-state index contributed by atoms with van der Waals surface area (Å²) in [7, 11) is 0. The number of benzene rings is 2. The number of halogens is 1. The van der Waals surface area contributed by atoms with Crippen LogP contribution >= 0.6 is 0 Å². The van der Waals surface area contributed by atoms with Gasteiger partial charge < -0.3 is 0 Å². The van der Waals surface area contributed by atoms with E-state index in [1.54, 1.807) is 12.1 Å². The van der Waals surface area contributed by atoms with E-state index in [0.29, 0.717) is 0 Å². The molecular weight excluding hydrogens is 223 g/mol. The molecule has 18 heavy (non-hydrogen) atoms. The van der Waals surface area contributed by atoms with Gasteiger partial charge in [0.05, 0.1) is 0 Å². The third kappa shape index (κ3) is 2.45. The maximum absolute atomic E-state index is 14.0. The normalized spacial score (nSPS) is 11.0. The summed E-state index contributed by atoms with van der Waals surface area (Å²) < 4.78 is 14.0. The van der Waals surface area contributed by atoms with Crippen LogP contribution in [0.5, 0.6) is 0 Å². The van der Waals surface area contributed by atoms with Crippen LogP contribution in [0, 0.1) is 19.7 Å². The molecule has 0 aromatic heterocycles. The molecule has 0 unspecified atom stereocenters. The first-order valence-electron chi connectivity index (χ1n) is 6.36. The van der Waals surface area contributed by atoms with Crippen molar-refractivity contribution in [1.29, 1.82) is 0 Å². The monoisotopic (exact) mass is 242 g/mol. The van der Waals surface area contributed by atoms with Gasteiger partial charge in [-0.2, -0.15) is 0 Å². The summed E-state index contributed by atoms with van der Waals surface area (Å²) in [5, 5.41) is 0. The van der Waals surface area contributed by atoms with Gasteiger partial charge in [0, 0.05) is 0 Å². The molecule has 2 aromatic rings. The highest BCUT2D eigenvalue weighted by atomic mass is 19.1. The molecule has 2 rings (SSSR count). The Hall–Kier alpha value is -1.63. The second kappa shape index (κ2) is 4.93. The molecular formula is C17H19F. The van der Waals surface area contributed by atoms with Gasteiger partial charge in [-0.15, -0.1) is 0 Å². The Morgan fingerprint density at radius 1 is 0.944 bits per heavy atom. The molecule has 0 amide bonds. The molecule has 1 heteroatoms. The molecule has 0 spiro atoms. The van der Waals surface area contributed by atoms with E-state index < -0.39 is 0 Å². The van der Waals surface area contributed by atoms with Crippen molar-refractivity contribution in [1.82, 2.24) is 0 Å². The van der Waals surface area contributed by atoms with Gasteiger partial charge in [-0.05, 0) is 42.5 Å². The van der Waals surface area contributed by atoms with E-state index >= 15 is 0 Å². The van der Waals surface area contributed by atoms with Crippen molar-refractivity contribution in [2.75, 3.05) is 0 Å². The lowest BCUT2D eigenvalue weighted by Gasteiger charge is -2.15. The van der Waals surface area contributed by atoms with E-state index in [4.69, 9.17) is 0 Å². The maximum atomic E-state index is 14.0. The standard InChI is InChI=1S/C17H19F/c1-11(2)17-15(6-5-7-16(17)18)14-9-12(3)8-13(4)10-14/h5-11H,1-4H3. The molecule has 0 nitrogen and oxygen atoms in total. The average Bonchev–Trinajstić information content (AvgIpc) is 2.26. The Bertz CT molecular complexity index is 548. The first-order valence-corrected chi connectivity index (χ1v) is 6.36. The summed E-state index contributed by atoms with van der Waals surface area (Å²) in [6.45, 7) is 8.21. The predicted molar refractivity (Wildman–Crippen MR) is 75.4 cm³/mol. The number of aryl methyl sites for hydroxylation is 2. The Kier molecular flexibility index (Phi) is 3.51. The number of rotatable bonds is 2. The van der Waals surface area contributed by atoms with Gasteiger partial charge in [-0.25, -0.2) is 4.39 Å². The summed E-state index contributed by atoms with van der Waals surface area (Å²) in [5.74, 6) is 0.0728. The molecule has 0 aliphatic heterocycles. The maximum Gasteiger partial charge on any atom is 0.127 e. The molecule has 94 valence electrons. The van der Waals surface area contributed by atoms with Crippen molar-refractivity contribution in [2.45, 2.75) is 33.6 Å². The quantitative estimate of drug-likeness (QED) is 0.676. The summed E-state index contributed by atoms with van der Waals surface area (Å²) in [5.41, 5.74) is 5.35. The van der Waals surface area contributed by atoms with Crippen LogP contribution in [0.1, 0.15) is 36.5 Å². The SMILES string of the molecule is Cc1cc(C)cc(-c2cccc(F)c2C(C)C)c1. The van der Waals surface area contributed by atoms with Crippen LogP contribution in [0.25, 0.3) is 11.1 Å². The Morgan fingerprint density at radius 2 is 1.56 bits per heavy atom. The van der Waals surface area contributed by atoms with Crippen molar-refractivity contribution in [3.63, 3.8) is 0 Å². The molecule has 0 heterocycles. The van der Waals surface area contributed by atoms with Crippen molar-refractivity contribution >= 4 is 0 Å². The third-order valence-corrected chi connectivity index (χ3v) is 3.16. The zero-order valence-corrected chi connectivity index (χ0v) is 11.4. The van der Waals surface area contributed by atoms with Crippen LogP contribution in [0.2, 0.25) is 0 Å². The van der Waals surface area contributed by atoms with Crippen LogP contribution in [-0.4, -0.2) is 0 Å². The fraction of sp³-hybridized carbons (Fsp3) is 0.294. The van der Waals surface area contributed by atoms with Crippen LogP contribution < -0.4 is 0 Å². The van der Waals surface area contributed by atoms with E-state index in [1.165, 1.54) is 11.1 Å². The zero-order valence-electron chi connectivity index (χ0n) is 11.4. The van der Waals surface area contributed by atoms with Crippen LogP contribution in [0.3, 0.4) is 0 Å². The third-order valence-electron chi connectivity index (χ3n) is 3.16.